The Balaban J connectivity index is 2.41. The summed E-state index contributed by atoms with van der Waals surface area (Å²) in [7, 11) is 0. The molecule has 0 aromatic carbocycles. The molecule has 1 aliphatic rings. The average molecular weight is 242 g/mol. The molecule has 0 bridgehead atoms. The minimum atomic E-state index is 0.273. The quantitative estimate of drug-likeness (QED) is 0.751. The van der Waals surface area contributed by atoms with Crippen LogP contribution in [0, 0.1) is 5.92 Å². The van der Waals surface area contributed by atoms with Crippen molar-refractivity contribution in [3.05, 3.63) is 0 Å². The lowest BCUT2D eigenvalue weighted by Crippen LogP contribution is -2.33. The van der Waals surface area contributed by atoms with Crippen LogP contribution in [0.2, 0.25) is 0 Å². The molecule has 1 atom stereocenters. The topological polar surface area (TPSA) is 46.3 Å². The van der Waals surface area contributed by atoms with Crippen molar-refractivity contribution in [1.29, 1.82) is 0 Å². The molecule has 0 spiro atoms. The van der Waals surface area contributed by atoms with Gasteiger partial charge < -0.3 is 10.6 Å². The number of carbonyl (C=O) groups is 1. The van der Waals surface area contributed by atoms with Gasteiger partial charge in [0.2, 0.25) is 5.91 Å². The Morgan fingerprint density at radius 2 is 2.31 bits per heavy atom. The lowest BCUT2D eigenvalue weighted by atomic mass is 9.96. The second-order valence-electron chi connectivity index (χ2n) is 4.58. The monoisotopic (exact) mass is 242 g/mol. The maximum absolute atomic E-state index is 11.8. The standard InChI is InChI=1S/C12H22N2OS/c1-2-3-10-4-5-12(15)14(8-6-10)9-7-11(13)16/h10H,2-9H2,1H3,(H2,13,16). The number of carbonyl (C=O) groups excluding carboxylic acids is 1. The van der Waals surface area contributed by atoms with E-state index >= 15 is 0 Å². The zero-order valence-corrected chi connectivity index (χ0v) is 10.9. The van der Waals surface area contributed by atoms with Crippen LogP contribution in [0.15, 0.2) is 0 Å². The Morgan fingerprint density at radius 1 is 1.56 bits per heavy atom. The molecule has 92 valence electrons. The van der Waals surface area contributed by atoms with Crippen molar-refractivity contribution in [3.63, 3.8) is 0 Å². The molecule has 3 nitrogen and oxygen atoms in total. The van der Waals surface area contributed by atoms with Crippen LogP contribution >= 0.6 is 12.2 Å². The molecular weight excluding hydrogens is 220 g/mol. The van der Waals surface area contributed by atoms with E-state index in [1.807, 2.05) is 4.90 Å². The van der Waals surface area contributed by atoms with Gasteiger partial charge in [-0.05, 0) is 18.8 Å². The van der Waals surface area contributed by atoms with Gasteiger partial charge >= 0.3 is 0 Å². The number of amides is 1. The van der Waals surface area contributed by atoms with Crippen molar-refractivity contribution in [2.24, 2.45) is 11.7 Å². The fourth-order valence-electron chi connectivity index (χ4n) is 2.27. The average Bonchev–Trinajstić information content (AvgIpc) is 2.40. The van der Waals surface area contributed by atoms with Gasteiger partial charge in [-0.15, -0.1) is 0 Å². The molecule has 1 saturated heterocycles. The molecule has 0 aliphatic carbocycles. The number of hydrogen-bond acceptors (Lipinski definition) is 2. The highest BCUT2D eigenvalue weighted by Gasteiger charge is 2.21. The summed E-state index contributed by atoms with van der Waals surface area (Å²) in [6, 6.07) is 0. The molecule has 2 N–H and O–H groups in total. The Hall–Kier alpha value is -0.640. The Kier molecular flexibility index (Phi) is 5.74. The summed E-state index contributed by atoms with van der Waals surface area (Å²) in [5, 5.41) is 0. The maximum Gasteiger partial charge on any atom is 0.222 e. The third kappa shape index (κ3) is 4.47. The molecular formula is C12H22N2OS. The SMILES string of the molecule is CCCC1CCC(=O)N(CCC(N)=S)CC1. The predicted octanol–water partition coefficient (Wildman–Crippen LogP) is 2.09. The van der Waals surface area contributed by atoms with Gasteiger partial charge in [-0.3, -0.25) is 4.79 Å². The Bertz CT molecular complexity index is 255. The highest BCUT2D eigenvalue weighted by Crippen LogP contribution is 2.22. The fourth-order valence-corrected chi connectivity index (χ4v) is 2.36. The molecule has 1 unspecified atom stereocenters. The molecule has 0 radical (unpaired) electrons. The minimum absolute atomic E-state index is 0.273. The van der Waals surface area contributed by atoms with Crippen LogP contribution in [0.25, 0.3) is 0 Å². The van der Waals surface area contributed by atoms with Crippen molar-refractivity contribution in [2.45, 2.75) is 45.4 Å². The highest BCUT2D eigenvalue weighted by molar-refractivity contribution is 7.80. The minimum Gasteiger partial charge on any atom is -0.393 e. The van der Waals surface area contributed by atoms with Crippen LogP contribution in [0.3, 0.4) is 0 Å². The first-order valence-electron chi connectivity index (χ1n) is 6.19. The van der Waals surface area contributed by atoms with Crippen LogP contribution in [-0.4, -0.2) is 28.9 Å². The number of rotatable bonds is 5. The third-order valence-electron chi connectivity index (χ3n) is 3.25. The van der Waals surface area contributed by atoms with Gasteiger partial charge in [0, 0.05) is 25.9 Å². The van der Waals surface area contributed by atoms with Gasteiger partial charge in [0.25, 0.3) is 0 Å². The van der Waals surface area contributed by atoms with Crippen molar-refractivity contribution in [2.75, 3.05) is 13.1 Å². The van der Waals surface area contributed by atoms with E-state index in [-0.39, 0.29) is 5.91 Å². The van der Waals surface area contributed by atoms with Gasteiger partial charge in [-0.25, -0.2) is 0 Å². The van der Waals surface area contributed by atoms with Gasteiger partial charge in [-0.1, -0.05) is 32.0 Å². The van der Waals surface area contributed by atoms with E-state index < -0.39 is 0 Å². The first-order valence-corrected chi connectivity index (χ1v) is 6.60. The van der Waals surface area contributed by atoms with E-state index in [0.29, 0.717) is 24.4 Å². The zero-order valence-electron chi connectivity index (χ0n) is 10.1. The van der Waals surface area contributed by atoms with Crippen LogP contribution in [-0.2, 0) is 4.79 Å². The maximum atomic E-state index is 11.8. The number of hydrogen-bond donors (Lipinski definition) is 1. The van der Waals surface area contributed by atoms with Gasteiger partial charge in [0.1, 0.15) is 0 Å². The molecule has 1 amide bonds. The predicted molar refractivity (Wildman–Crippen MR) is 70.2 cm³/mol. The largest absolute Gasteiger partial charge is 0.393 e. The summed E-state index contributed by atoms with van der Waals surface area (Å²) in [5.74, 6) is 0.999. The Morgan fingerprint density at radius 3 is 2.94 bits per heavy atom. The van der Waals surface area contributed by atoms with Crippen molar-refractivity contribution < 1.29 is 4.79 Å². The molecule has 0 saturated carbocycles. The summed E-state index contributed by atoms with van der Waals surface area (Å²) >= 11 is 4.84. The lowest BCUT2D eigenvalue weighted by Gasteiger charge is -2.20. The first kappa shape index (κ1) is 13.4. The van der Waals surface area contributed by atoms with Gasteiger partial charge in [-0.2, -0.15) is 0 Å². The summed E-state index contributed by atoms with van der Waals surface area (Å²) in [5.41, 5.74) is 5.46. The van der Waals surface area contributed by atoms with Crippen molar-refractivity contribution >= 4 is 23.1 Å². The van der Waals surface area contributed by atoms with Crippen LogP contribution in [0.4, 0.5) is 0 Å². The van der Waals surface area contributed by atoms with Crippen LogP contribution < -0.4 is 5.73 Å². The Labute approximate surface area is 103 Å². The van der Waals surface area contributed by atoms with Crippen molar-refractivity contribution in [3.8, 4) is 0 Å². The van der Waals surface area contributed by atoms with Crippen LogP contribution in [0.5, 0.6) is 0 Å². The smallest absolute Gasteiger partial charge is 0.222 e. The van der Waals surface area contributed by atoms with E-state index in [4.69, 9.17) is 18.0 Å². The molecule has 1 heterocycles. The molecule has 1 aliphatic heterocycles. The summed E-state index contributed by atoms with van der Waals surface area (Å²) in [6.45, 7) is 3.79. The fraction of sp³-hybridized carbons (Fsp3) is 0.833. The number of nitrogens with zero attached hydrogens (tertiary/aromatic N) is 1. The zero-order chi connectivity index (χ0) is 12.0. The highest BCUT2D eigenvalue weighted by atomic mass is 32.1. The summed E-state index contributed by atoms with van der Waals surface area (Å²) in [4.78, 5) is 14.2. The number of nitrogens with two attached hydrogens (primary N) is 1. The molecule has 0 aromatic rings. The lowest BCUT2D eigenvalue weighted by molar-refractivity contribution is -0.130. The second kappa shape index (κ2) is 6.84. The van der Waals surface area contributed by atoms with Crippen molar-refractivity contribution in [1.82, 2.24) is 4.90 Å². The van der Waals surface area contributed by atoms with E-state index in [9.17, 15) is 4.79 Å². The number of thiocarbonyl (C=S) groups is 1. The molecule has 4 heteroatoms. The molecule has 0 aromatic heterocycles. The van der Waals surface area contributed by atoms with E-state index in [1.54, 1.807) is 0 Å². The first-order chi connectivity index (χ1) is 7.63. The molecule has 1 fully saturated rings. The van der Waals surface area contributed by atoms with Crippen LogP contribution in [0.1, 0.15) is 45.4 Å². The normalized spacial score (nSPS) is 21.9. The molecule has 1 rings (SSSR count). The summed E-state index contributed by atoms with van der Waals surface area (Å²) in [6.07, 6.45) is 6.00. The second-order valence-corrected chi connectivity index (χ2v) is 5.10. The van der Waals surface area contributed by atoms with E-state index in [0.717, 1.165) is 25.3 Å². The number of likely N-dealkylation sites (tertiary alicyclic amines) is 1. The van der Waals surface area contributed by atoms with Gasteiger partial charge in [0.05, 0.1) is 4.99 Å². The van der Waals surface area contributed by atoms with Gasteiger partial charge in [0.15, 0.2) is 0 Å². The van der Waals surface area contributed by atoms with E-state index in [2.05, 4.69) is 6.92 Å². The van der Waals surface area contributed by atoms with E-state index in [1.165, 1.54) is 12.8 Å². The third-order valence-corrected chi connectivity index (χ3v) is 3.46. The summed E-state index contributed by atoms with van der Waals surface area (Å²) < 4.78 is 0. The molecule has 16 heavy (non-hydrogen) atoms.